The summed E-state index contributed by atoms with van der Waals surface area (Å²) in [6.45, 7) is 0. The van der Waals surface area contributed by atoms with Crippen molar-refractivity contribution in [2.75, 3.05) is 5.32 Å². The molecule has 4 rings (SSSR count). The van der Waals surface area contributed by atoms with Gasteiger partial charge in [-0.2, -0.15) is 0 Å². The van der Waals surface area contributed by atoms with Crippen LogP contribution in [0.5, 0.6) is 0 Å². The fraction of sp³-hybridized carbons (Fsp3) is 0. The maximum absolute atomic E-state index is 12.2. The topological polar surface area (TPSA) is 133 Å². The van der Waals surface area contributed by atoms with E-state index in [-0.39, 0.29) is 27.9 Å². The lowest BCUT2D eigenvalue weighted by atomic mass is 9.95. The number of anilines is 2. The van der Waals surface area contributed by atoms with E-state index < -0.39 is 23.8 Å². The van der Waals surface area contributed by atoms with Gasteiger partial charge in [0.15, 0.2) is 0 Å². The van der Waals surface area contributed by atoms with Crippen LogP contribution < -0.4 is 10.6 Å². The number of fused-ring (bicyclic) bond motifs is 1. The third-order valence-corrected chi connectivity index (χ3v) is 4.71. The number of benzene rings is 3. The highest BCUT2D eigenvalue weighted by Gasteiger charge is 2.29. The van der Waals surface area contributed by atoms with Crippen LogP contribution in [0.25, 0.3) is 11.1 Å². The minimum Gasteiger partial charge on any atom is -0.478 e. The van der Waals surface area contributed by atoms with E-state index in [2.05, 4.69) is 10.6 Å². The van der Waals surface area contributed by atoms with Crippen LogP contribution in [-0.4, -0.2) is 34.0 Å². The van der Waals surface area contributed by atoms with E-state index in [9.17, 15) is 24.3 Å². The van der Waals surface area contributed by atoms with Crippen molar-refractivity contribution in [3.05, 3.63) is 82.9 Å². The van der Waals surface area contributed by atoms with Gasteiger partial charge < -0.3 is 15.5 Å². The van der Waals surface area contributed by atoms with Crippen LogP contribution in [-0.2, 0) is 0 Å². The number of amides is 2. The van der Waals surface area contributed by atoms with E-state index >= 15 is 0 Å². The van der Waals surface area contributed by atoms with Crippen molar-refractivity contribution >= 4 is 35.1 Å². The van der Waals surface area contributed by atoms with E-state index in [1.54, 1.807) is 30.3 Å². The molecule has 0 saturated heterocycles. The minimum absolute atomic E-state index is 0.0593. The van der Waals surface area contributed by atoms with E-state index in [1.807, 2.05) is 0 Å². The number of carboxylic acid groups (broad SMARTS) is 2. The van der Waals surface area contributed by atoms with Crippen molar-refractivity contribution < 1.29 is 29.4 Å². The lowest BCUT2D eigenvalue weighted by molar-refractivity contribution is 0.0686. The average Bonchev–Trinajstić information content (AvgIpc) is 3.02. The molecule has 0 fully saturated rings. The van der Waals surface area contributed by atoms with Gasteiger partial charge in [0.2, 0.25) is 0 Å². The maximum atomic E-state index is 12.2. The molecule has 0 radical (unpaired) electrons. The second-order valence-corrected chi connectivity index (χ2v) is 6.59. The molecule has 3 aromatic rings. The molecule has 4 N–H and O–H groups in total. The Kier molecular flexibility index (Phi) is 4.51. The standard InChI is InChI=1S/C22H14N2O6/c25-19-15-6-2-5-14(18(15)20(26)24-19)11-7-8-17(16(10-11)22(29)30)23-13-4-1-3-12(9-13)21(27)28/h1-10,23H,(H,27,28)(H,29,30)(H,24,25,26). The zero-order valence-electron chi connectivity index (χ0n) is 15.3. The molecule has 148 valence electrons. The van der Waals surface area contributed by atoms with Crippen LogP contribution in [0.15, 0.2) is 60.7 Å². The summed E-state index contributed by atoms with van der Waals surface area (Å²) >= 11 is 0. The highest BCUT2D eigenvalue weighted by molar-refractivity contribution is 6.24. The molecule has 2 amide bonds. The van der Waals surface area contributed by atoms with Crippen LogP contribution in [0.4, 0.5) is 11.4 Å². The Hall–Kier alpha value is -4.46. The number of imide groups is 1. The molecule has 1 heterocycles. The van der Waals surface area contributed by atoms with Gasteiger partial charge in [-0.25, -0.2) is 9.59 Å². The number of hydrogen-bond donors (Lipinski definition) is 4. The largest absolute Gasteiger partial charge is 0.478 e. The van der Waals surface area contributed by atoms with Gasteiger partial charge in [0.05, 0.1) is 27.9 Å². The average molecular weight is 402 g/mol. The number of rotatable bonds is 5. The molecule has 0 unspecified atom stereocenters. The van der Waals surface area contributed by atoms with Crippen LogP contribution in [0.2, 0.25) is 0 Å². The summed E-state index contributed by atoms with van der Waals surface area (Å²) in [7, 11) is 0. The molecular weight excluding hydrogens is 388 g/mol. The lowest BCUT2D eigenvalue weighted by Crippen LogP contribution is -2.20. The summed E-state index contributed by atoms with van der Waals surface area (Å²) in [6, 6.07) is 15.3. The predicted octanol–water partition coefficient (Wildman–Crippen LogP) is 3.38. The highest BCUT2D eigenvalue weighted by atomic mass is 16.4. The van der Waals surface area contributed by atoms with Gasteiger partial charge >= 0.3 is 11.9 Å². The van der Waals surface area contributed by atoms with Crippen molar-refractivity contribution in [2.45, 2.75) is 0 Å². The molecule has 0 aliphatic carbocycles. The molecule has 0 aromatic heterocycles. The smallest absolute Gasteiger partial charge is 0.337 e. The molecule has 0 spiro atoms. The second-order valence-electron chi connectivity index (χ2n) is 6.59. The zero-order chi connectivity index (χ0) is 21.4. The van der Waals surface area contributed by atoms with Crippen LogP contribution in [0, 0.1) is 0 Å². The molecule has 30 heavy (non-hydrogen) atoms. The van der Waals surface area contributed by atoms with Crippen LogP contribution >= 0.6 is 0 Å². The Morgan fingerprint density at radius 1 is 0.800 bits per heavy atom. The van der Waals surface area contributed by atoms with Crippen molar-refractivity contribution in [1.29, 1.82) is 0 Å². The summed E-state index contributed by atoms with van der Waals surface area (Å²) in [5, 5.41) is 23.9. The van der Waals surface area contributed by atoms with Gasteiger partial charge in [-0.3, -0.25) is 14.9 Å². The van der Waals surface area contributed by atoms with Gasteiger partial charge in [-0.1, -0.05) is 24.3 Å². The number of carboxylic acids is 2. The van der Waals surface area contributed by atoms with Crippen molar-refractivity contribution in [3.63, 3.8) is 0 Å². The Balaban J connectivity index is 1.77. The first-order chi connectivity index (χ1) is 14.3. The van der Waals surface area contributed by atoms with Gasteiger partial charge in [0, 0.05) is 5.69 Å². The lowest BCUT2D eigenvalue weighted by Gasteiger charge is -2.13. The van der Waals surface area contributed by atoms with E-state index in [1.165, 1.54) is 30.3 Å². The zero-order valence-corrected chi connectivity index (χ0v) is 15.3. The molecule has 8 heteroatoms. The van der Waals surface area contributed by atoms with E-state index in [0.717, 1.165) is 0 Å². The summed E-state index contributed by atoms with van der Waals surface area (Å²) in [6.07, 6.45) is 0. The first kappa shape index (κ1) is 18.9. The molecule has 8 nitrogen and oxygen atoms in total. The second kappa shape index (κ2) is 7.17. The molecule has 0 bridgehead atoms. The molecule has 3 aromatic carbocycles. The van der Waals surface area contributed by atoms with Crippen molar-refractivity contribution in [3.8, 4) is 11.1 Å². The summed E-state index contributed by atoms with van der Waals surface area (Å²) in [5.41, 5.74) is 1.99. The monoisotopic (exact) mass is 402 g/mol. The number of carbonyl (C=O) groups excluding carboxylic acids is 2. The first-order valence-corrected chi connectivity index (χ1v) is 8.82. The third-order valence-electron chi connectivity index (χ3n) is 4.71. The van der Waals surface area contributed by atoms with Gasteiger partial charge in [-0.05, 0) is 47.5 Å². The van der Waals surface area contributed by atoms with Gasteiger partial charge in [0.1, 0.15) is 0 Å². The van der Waals surface area contributed by atoms with Crippen LogP contribution in [0.3, 0.4) is 0 Å². The first-order valence-electron chi connectivity index (χ1n) is 8.82. The molecule has 1 aliphatic heterocycles. The minimum atomic E-state index is -1.21. The number of aromatic carboxylic acids is 2. The van der Waals surface area contributed by atoms with Crippen LogP contribution in [0.1, 0.15) is 41.4 Å². The highest BCUT2D eigenvalue weighted by Crippen LogP contribution is 2.32. The molecule has 0 atom stereocenters. The maximum Gasteiger partial charge on any atom is 0.337 e. The van der Waals surface area contributed by atoms with Crippen molar-refractivity contribution in [2.24, 2.45) is 0 Å². The number of carbonyl (C=O) groups is 4. The Labute approximate surface area is 169 Å². The summed E-state index contributed by atoms with van der Waals surface area (Å²) in [5.74, 6) is -3.33. The Morgan fingerprint density at radius 2 is 1.53 bits per heavy atom. The SMILES string of the molecule is O=C(O)c1cccc(Nc2ccc(-c3cccc4c3C(=O)NC4=O)cc2C(=O)O)c1. The summed E-state index contributed by atoms with van der Waals surface area (Å²) in [4.78, 5) is 47.1. The fourth-order valence-electron chi connectivity index (χ4n) is 3.34. The predicted molar refractivity (Wildman–Crippen MR) is 107 cm³/mol. The quantitative estimate of drug-likeness (QED) is 0.481. The number of nitrogens with one attached hydrogen (secondary N) is 2. The van der Waals surface area contributed by atoms with Crippen molar-refractivity contribution in [1.82, 2.24) is 5.32 Å². The fourth-order valence-corrected chi connectivity index (χ4v) is 3.34. The van der Waals surface area contributed by atoms with E-state index in [4.69, 9.17) is 5.11 Å². The third kappa shape index (κ3) is 3.26. The molecule has 0 saturated carbocycles. The molecular formula is C22H14N2O6. The normalized spacial score (nSPS) is 12.3. The van der Waals surface area contributed by atoms with Gasteiger partial charge in [0.25, 0.3) is 11.8 Å². The van der Waals surface area contributed by atoms with Gasteiger partial charge in [-0.15, -0.1) is 0 Å². The summed E-state index contributed by atoms with van der Waals surface area (Å²) < 4.78 is 0. The Morgan fingerprint density at radius 3 is 2.27 bits per heavy atom. The molecule has 1 aliphatic rings. The Bertz CT molecular complexity index is 1250. The number of hydrogen-bond acceptors (Lipinski definition) is 5. The van der Waals surface area contributed by atoms with E-state index in [0.29, 0.717) is 16.8 Å².